The van der Waals surface area contributed by atoms with E-state index < -0.39 is 23.7 Å². The summed E-state index contributed by atoms with van der Waals surface area (Å²) >= 11 is 0. The number of carbonyl (C=O) groups excluding carboxylic acids is 2. The summed E-state index contributed by atoms with van der Waals surface area (Å²) < 4.78 is 46.0. The second kappa shape index (κ2) is 11.0. The first-order valence-corrected chi connectivity index (χ1v) is 12.7. The number of anilines is 1. The molecule has 0 saturated carbocycles. The van der Waals surface area contributed by atoms with Crippen molar-refractivity contribution in [3.8, 4) is 11.8 Å². The zero-order valence-corrected chi connectivity index (χ0v) is 22.5. The van der Waals surface area contributed by atoms with Crippen molar-refractivity contribution in [2.24, 2.45) is 7.05 Å². The van der Waals surface area contributed by atoms with Gasteiger partial charge in [0.1, 0.15) is 11.4 Å². The molecule has 3 amide bonds. The number of carbonyl (C=O) groups is 3. The van der Waals surface area contributed by atoms with Gasteiger partial charge in [0.15, 0.2) is 0 Å². The largest absolute Gasteiger partial charge is 0.465 e. The highest BCUT2D eigenvalue weighted by atomic mass is 19.4. The number of ether oxygens (including phenoxy) is 1. The summed E-state index contributed by atoms with van der Waals surface area (Å²) in [7, 11) is 3.20. The Bertz CT molecular complexity index is 1650. The zero-order valence-electron chi connectivity index (χ0n) is 22.5. The standard InChI is InChI=1S/C28H25F3N6O5/c1-34(24(38)17-3-6-19(7-4-17)28(29,30)31)20-15-32-26(33-16-20)42-21-8-5-18-13-23(35(2)22(18)14-21)25(39)36-9-11-37(12-10-36)27(40)41/h3-8,13-16H,9-12H2,1-2H3,(H,40,41). The fourth-order valence-corrected chi connectivity index (χ4v) is 4.59. The fraction of sp³-hybridized carbons (Fsp3) is 0.250. The monoisotopic (exact) mass is 582 g/mol. The Morgan fingerprint density at radius 3 is 2.14 bits per heavy atom. The van der Waals surface area contributed by atoms with E-state index in [0.717, 1.165) is 35.2 Å². The van der Waals surface area contributed by atoms with Crippen LogP contribution in [0.1, 0.15) is 26.4 Å². The Balaban J connectivity index is 1.26. The Morgan fingerprint density at radius 1 is 0.929 bits per heavy atom. The minimum absolute atomic E-state index is 0.00436. The summed E-state index contributed by atoms with van der Waals surface area (Å²) in [6, 6.07) is 10.9. The maximum atomic E-state index is 13.1. The van der Waals surface area contributed by atoms with Gasteiger partial charge < -0.3 is 29.1 Å². The van der Waals surface area contributed by atoms with Gasteiger partial charge in [0.2, 0.25) is 0 Å². The van der Waals surface area contributed by atoms with Gasteiger partial charge in [0.25, 0.3) is 11.8 Å². The Labute approximate surface area is 237 Å². The number of fused-ring (bicyclic) bond motifs is 1. The quantitative estimate of drug-likeness (QED) is 0.368. The van der Waals surface area contributed by atoms with Crippen molar-refractivity contribution in [3.63, 3.8) is 0 Å². The van der Waals surface area contributed by atoms with Gasteiger partial charge in [-0.25, -0.2) is 14.8 Å². The van der Waals surface area contributed by atoms with Crippen molar-refractivity contribution < 1.29 is 37.4 Å². The molecule has 2 aromatic carbocycles. The molecule has 1 fully saturated rings. The summed E-state index contributed by atoms with van der Waals surface area (Å²) in [5.74, 6) is -0.334. The van der Waals surface area contributed by atoms with Crippen molar-refractivity contribution in [1.82, 2.24) is 24.3 Å². The Hall–Kier alpha value is -5.14. The van der Waals surface area contributed by atoms with Crippen molar-refractivity contribution in [3.05, 3.63) is 77.7 Å². The summed E-state index contributed by atoms with van der Waals surface area (Å²) in [4.78, 5) is 49.4. The lowest BCUT2D eigenvalue weighted by molar-refractivity contribution is -0.137. The Morgan fingerprint density at radius 2 is 1.55 bits per heavy atom. The van der Waals surface area contributed by atoms with Crippen LogP contribution in [0, 0.1) is 0 Å². The lowest BCUT2D eigenvalue weighted by atomic mass is 10.1. The smallest absolute Gasteiger partial charge is 0.416 e. The number of benzene rings is 2. The molecule has 14 heteroatoms. The molecule has 1 aliphatic heterocycles. The molecule has 2 aromatic heterocycles. The second-order valence-corrected chi connectivity index (χ2v) is 9.64. The van der Waals surface area contributed by atoms with Gasteiger partial charge in [-0.15, -0.1) is 0 Å². The van der Waals surface area contributed by atoms with Gasteiger partial charge in [-0.05, 0) is 42.5 Å². The predicted octanol–water partition coefficient (Wildman–Crippen LogP) is 4.49. The summed E-state index contributed by atoms with van der Waals surface area (Å²) in [6.07, 6.45) is -2.79. The maximum absolute atomic E-state index is 13.1. The van der Waals surface area contributed by atoms with Crippen LogP contribution in [0.25, 0.3) is 10.9 Å². The summed E-state index contributed by atoms with van der Waals surface area (Å²) in [6.45, 7) is 1.11. The van der Waals surface area contributed by atoms with Crippen molar-refractivity contribution in [2.75, 3.05) is 38.1 Å². The first-order valence-electron chi connectivity index (χ1n) is 12.7. The number of hydrogen-bond donors (Lipinski definition) is 1. The van der Waals surface area contributed by atoms with Crippen molar-refractivity contribution in [1.29, 1.82) is 0 Å². The van der Waals surface area contributed by atoms with E-state index in [1.54, 1.807) is 40.8 Å². The average Bonchev–Trinajstić information content (AvgIpc) is 3.31. The Kier molecular flexibility index (Phi) is 7.45. The second-order valence-electron chi connectivity index (χ2n) is 9.64. The molecule has 5 rings (SSSR count). The number of amides is 3. The molecule has 11 nitrogen and oxygen atoms in total. The number of hydrogen-bond acceptors (Lipinski definition) is 6. The molecule has 0 spiro atoms. The number of carboxylic acid groups (broad SMARTS) is 1. The minimum atomic E-state index is -4.50. The topological polar surface area (TPSA) is 121 Å². The number of aromatic nitrogens is 3. The number of piperazine rings is 1. The van der Waals surface area contributed by atoms with Crippen LogP contribution in [-0.4, -0.2) is 80.6 Å². The molecule has 3 heterocycles. The van der Waals surface area contributed by atoms with Gasteiger partial charge >= 0.3 is 18.3 Å². The maximum Gasteiger partial charge on any atom is 0.416 e. The molecule has 0 aliphatic carbocycles. The molecule has 1 saturated heterocycles. The molecule has 0 atom stereocenters. The van der Waals surface area contributed by atoms with Crippen LogP contribution in [-0.2, 0) is 13.2 Å². The lowest BCUT2D eigenvalue weighted by Gasteiger charge is -2.33. The van der Waals surface area contributed by atoms with E-state index in [4.69, 9.17) is 9.84 Å². The normalized spacial score (nSPS) is 13.7. The van der Waals surface area contributed by atoms with E-state index >= 15 is 0 Å². The molecule has 1 aliphatic rings. The third-order valence-electron chi connectivity index (χ3n) is 7.05. The SMILES string of the molecule is CN(C(=O)c1ccc(C(F)(F)F)cc1)c1cnc(Oc2ccc3cc(C(=O)N4CCN(C(=O)O)CC4)n(C)c3c2)nc1. The van der Waals surface area contributed by atoms with Crippen LogP contribution in [0.3, 0.4) is 0 Å². The van der Waals surface area contributed by atoms with Crippen LogP contribution in [0.2, 0.25) is 0 Å². The van der Waals surface area contributed by atoms with E-state index in [0.29, 0.717) is 30.2 Å². The minimum Gasteiger partial charge on any atom is -0.465 e. The van der Waals surface area contributed by atoms with Gasteiger partial charge in [-0.3, -0.25) is 9.59 Å². The number of aryl methyl sites for hydroxylation is 1. The molecule has 0 bridgehead atoms. The number of nitrogens with zero attached hydrogens (tertiary/aromatic N) is 6. The van der Waals surface area contributed by atoms with Crippen molar-refractivity contribution in [2.45, 2.75) is 6.18 Å². The van der Waals surface area contributed by atoms with Crippen LogP contribution < -0.4 is 9.64 Å². The molecule has 218 valence electrons. The van der Waals surface area contributed by atoms with Crippen LogP contribution >= 0.6 is 0 Å². The first kappa shape index (κ1) is 28.4. The highest BCUT2D eigenvalue weighted by molar-refractivity contribution is 6.05. The van der Waals surface area contributed by atoms with E-state index in [2.05, 4.69) is 9.97 Å². The van der Waals surface area contributed by atoms with Crippen LogP contribution in [0.4, 0.5) is 23.7 Å². The van der Waals surface area contributed by atoms with Gasteiger partial charge in [-0.1, -0.05) is 0 Å². The molecule has 42 heavy (non-hydrogen) atoms. The van der Waals surface area contributed by atoms with Gasteiger partial charge in [0, 0.05) is 57.3 Å². The van der Waals surface area contributed by atoms with Crippen LogP contribution in [0.15, 0.2) is 60.9 Å². The number of halogens is 3. The molecule has 0 unspecified atom stereocenters. The van der Waals surface area contributed by atoms with Gasteiger partial charge in [-0.2, -0.15) is 13.2 Å². The molecule has 4 aromatic rings. The average molecular weight is 583 g/mol. The summed E-state index contributed by atoms with van der Waals surface area (Å²) in [5, 5.41) is 9.94. The number of rotatable bonds is 5. The third kappa shape index (κ3) is 5.68. The van der Waals surface area contributed by atoms with Crippen molar-refractivity contribution >= 4 is 34.5 Å². The first-order chi connectivity index (χ1) is 19.9. The predicted molar refractivity (Wildman–Crippen MR) is 145 cm³/mol. The number of alkyl halides is 3. The van der Waals surface area contributed by atoms with E-state index in [1.165, 1.54) is 29.2 Å². The lowest BCUT2D eigenvalue weighted by Crippen LogP contribution is -2.50. The molecule has 1 N–H and O–H groups in total. The van der Waals surface area contributed by atoms with E-state index in [-0.39, 0.29) is 30.6 Å². The fourth-order valence-electron chi connectivity index (χ4n) is 4.59. The molecular weight excluding hydrogens is 557 g/mol. The highest BCUT2D eigenvalue weighted by Crippen LogP contribution is 2.30. The molecule has 0 radical (unpaired) electrons. The van der Waals surface area contributed by atoms with Crippen LogP contribution in [0.5, 0.6) is 11.8 Å². The molecular formula is C28H25F3N6O5. The van der Waals surface area contributed by atoms with E-state index in [9.17, 15) is 27.6 Å². The van der Waals surface area contributed by atoms with E-state index in [1.807, 2.05) is 0 Å². The zero-order chi connectivity index (χ0) is 30.2. The van der Waals surface area contributed by atoms with Gasteiger partial charge in [0.05, 0.1) is 29.2 Å². The third-order valence-corrected chi connectivity index (χ3v) is 7.05. The summed E-state index contributed by atoms with van der Waals surface area (Å²) in [5.41, 5.74) is 0.698. The highest BCUT2D eigenvalue weighted by Gasteiger charge is 2.30.